The largest absolute Gasteiger partial charge is 0.461 e. The lowest BCUT2D eigenvalue weighted by Gasteiger charge is -2.46. The molecule has 2 N–H and O–H groups in total. The van der Waals surface area contributed by atoms with Crippen molar-refractivity contribution in [1.29, 1.82) is 0 Å². The molecular formula is C35H54N2O12. The average Bonchev–Trinajstić information content (AvgIpc) is 2.96. The first-order valence-corrected chi connectivity index (χ1v) is 16.0. The molecule has 49 heavy (non-hydrogen) atoms. The Balaban J connectivity index is 2.91. The highest BCUT2D eigenvalue weighted by atomic mass is 16.6. The molecule has 0 bridgehead atoms. The van der Waals surface area contributed by atoms with Gasteiger partial charge in [-0.15, -0.1) is 0 Å². The zero-order valence-corrected chi connectivity index (χ0v) is 30.4. The quantitative estimate of drug-likeness (QED) is 0.129. The number of ether oxygens (including phenoxy) is 6. The lowest BCUT2D eigenvalue weighted by molar-refractivity contribution is -0.158. The van der Waals surface area contributed by atoms with Crippen LogP contribution in [0.25, 0.3) is 0 Å². The summed E-state index contributed by atoms with van der Waals surface area (Å²) in [4.78, 5) is 73.9. The van der Waals surface area contributed by atoms with Crippen molar-refractivity contribution in [2.24, 2.45) is 16.2 Å². The Hall–Kier alpha value is -4.36. The van der Waals surface area contributed by atoms with Crippen LogP contribution >= 0.6 is 0 Å². The van der Waals surface area contributed by atoms with Gasteiger partial charge in [0, 0.05) is 29.3 Å². The highest BCUT2D eigenvalue weighted by molar-refractivity contribution is 5.87. The molecule has 1 rings (SSSR count). The van der Waals surface area contributed by atoms with Crippen molar-refractivity contribution in [2.45, 2.75) is 99.8 Å². The first kappa shape index (κ1) is 42.7. The van der Waals surface area contributed by atoms with Crippen molar-refractivity contribution in [2.75, 3.05) is 33.0 Å². The molecule has 276 valence electrons. The smallest absolute Gasteiger partial charge is 0.407 e. The van der Waals surface area contributed by atoms with Crippen molar-refractivity contribution in [1.82, 2.24) is 10.6 Å². The van der Waals surface area contributed by atoms with Crippen molar-refractivity contribution < 1.29 is 57.2 Å². The van der Waals surface area contributed by atoms with Gasteiger partial charge in [0.25, 0.3) is 0 Å². The number of esters is 4. The molecule has 3 unspecified atom stereocenters. The Labute approximate surface area is 289 Å². The summed E-state index contributed by atoms with van der Waals surface area (Å²) < 4.78 is 31.6. The van der Waals surface area contributed by atoms with Crippen molar-refractivity contribution in [3.63, 3.8) is 0 Å². The summed E-state index contributed by atoms with van der Waals surface area (Å²) in [5.74, 6) is -2.59. The van der Waals surface area contributed by atoms with Crippen LogP contribution in [-0.2, 0) is 47.6 Å². The van der Waals surface area contributed by atoms with E-state index in [1.807, 2.05) is 20.8 Å². The third kappa shape index (κ3) is 16.5. The van der Waals surface area contributed by atoms with Crippen LogP contribution in [0.5, 0.6) is 0 Å². The predicted octanol–water partition coefficient (Wildman–Crippen LogP) is 4.71. The lowest BCUT2D eigenvalue weighted by Crippen LogP contribution is -2.51. The molecule has 0 spiro atoms. The highest BCUT2D eigenvalue weighted by Crippen LogP contribution is 2.45. The minimum atomic E-state index is -1.10. The lowest BCUT2D eigenvalue weighted by atomic mass is 9.62. The van der Waals surface area contributed by atoms with Crippen LogP contribution in [0, 0.1) is 16.2 Å². The summed E-state index contributed by atoms with van der Waals surface area (Å²) in [5, 5.41) is 5.60. The molecule has 1 fully saturated rings. The van der Waals surface area contributed by atoms with Crippen molar-refractivity contribution in [3.8, 4) is 0 Å². The Morgan fingerprint density at radius 1 is 0.694 bits per heavy atom. The van der Waals surface area contributed by atoms with Crippen LogP contribution in [0.2, 0.25) is 0 Å². The van der Waals surface area contributed by atoms with Crippen LogP contribution in [-0.4, -0.2) is 87.3 Å². The van der Waals surface area contributed by atoms with Gasteiger partial charge in [0.05, 0.1) is 5.41 Å². The third-order valence-electron chi connectivity index (χ3n) is 7.23. The monoisotopic (exact) mass is 694 g/mol. The first-order valence-electron chi connectivity index (χ1n) is 16.0. The van der Waals surface area contributed by atoms with E-state index < -0.39 is 59.1 Å². The van der Waals surface area contributed by atoms with Gasteiger partial charge in [-0.05, 0) is 71.6 Å². The fourth-order valence-corrected chi connectivity index (χ4v) is 5.19. The van der Waals surface area contributed by atoms with E-state index in [9.17, 15) is 28.8 Å². The maximum atomic E-state index is 13.1. The van der Waals surface area contributed by atoms with Gasteiger partial charge in [-0.3, -0.25) is 4.79 Å². The summed E-state index contributed by atoms with van der Waals surface area (Å²) in [7, 11) is 0. The normalized spacial score (nSPS) is 18.9. The molecule has 0 saturated heterocycles. The molecule has 14 heteroatoms. The van der Waals surface area contributed by atoms with E-state index in [1.54, 1.807) is 20.8 Å². The molecular weight excluding hydrogens is 640 g/mol. The molecule has 1 aliphatic rings. The third-order valence-corrected chi connectivity index (χ3v) is 7.23. The van der Waals surface area contributed by atoms with E-state index in [0.717, 1.165) is 0 Å². The maximum absolute atomic E-state index is 13.1. The molecule has 0 aromatic carbocycles. The number of alkyl carbamates (subject to hydrolysis) is 2. The van der Waals surface area contributed by atoms with E-state index in [2.05, 4.69) is 30.4 Å². The van der Waals surface area contributed by atoms with Crippen molar-refractivity contribution in [3.05, 3.63) is 36.5 Å². The molecule has 14 nitrogen and oxygen atoms in total. The second-order valence-electron chi connectivity index (χ2n) is 14.8. The standard InChI is InChI=1S/C35H54N2O12/c1-21(2)27(38)44-15-25(16-45-28(39)22(3)4)48-31(42)36-20-35(12)14-24(13-34(10,11)19-35)37-32(43)49-26(17-46-29(40)23(5)6)18-47-30(41)33(7,8)9/h24-26H,1,3,5,13-20H2,2,4,6-12H3,(H,36,42)(H,37,43). The van der Waals surface area contributed by atoms with Gasteiger partial charge in [-0.2, -0.15) is 0 Å². The van der Waals surface area contributed by atoms with Crippen LogP contribution in [0.4, 0.5) is 9.59 Å². The number of carbonyl (C=O) groups is 6. The van der Waals surface area contributed by atoms with Gasteiger partial charge in [0.15, 0.2) is 12.2 Å². The topological polar surface area (TPSA) is 182 Å². The molecule has 0 aromatic heterocycles. The second-order valence-corrected chi connectivity index (χ2v) is 14.8. The summed E-state index contributed by atoms with van der Waals surface area (Å²) in [6.45, 7) is 24.8. The molecule has 0 heterocycles. The Bertz CT molecular complexity index is 1250. The number of carbonyl (C=O) groups excluding carboxylic acids is 6. The van der Waals surface area contributed by atoms with Gasteiger partial charge in [-0.1, -0.05) is 40.5 Å². The van der Waals surface area contributed by atoms with Gasteiger partial charge < -0.3 is 39.1 Å². The fourth-order valence-electron chi connectivity index (χ4n) is 5.19. The van der Waals surface area contributed by atoms with Crippen LogP contribution in [0.15, 0.2) is 36.5 Å². The minimum absolute atomic E-state index is 0.146. The van der Waals surface area contributed by atoms with E-state index in [1.165, 1.54) is 20.8 Å². The van der Waals surface area contributed by atoms with Gasteiger partial charge >= 0.3 is 36.1 Å². The summed E-state index contributed by atoms with van der Waals surface area (Å²) in [5.41, 5.74) is -1.11. The van der Waals surface area contributed by atoms with Crippen LogP contribution in [0.1, 0.15) is 81.6 Å². The van der Waals surface area contributed by atoms with Gasteiger partial charge in [0.2, 0.25) is 0 Å². The number of nitrogens with one attached hydrogen (secondary N) is 2. The highest BCUT2D eigenvalue weighted by Gasteiger charge is 2.42. The Morgan fingerprint density at radius 2 is 1.10 bits per heavy atom. The molecule has 3 atom stereocenters. The molecule has 0 radical (unpaired) electrons. The number of hydrogen-bond donors (Lipinski definition) is 2. The van der Waals surface area contributed by atoms with E-state index in [-0.39, 0.29) is 61.1 Å². The number of rotatable bonds is 16. The number of amides is 2. The van der Waals surface area contributed by atoms with Crippen LogP contribution < -0.4 is 10.6 Å². The fraction of sp³-hybridized carbons (Fsp3) is 0.657. The summed E-state index contributed by atoms with van der Waals surface area (Å²) in [6, 6.07) is -0.370. The molecule has 0 aliphatic heterocycles. The van der Waals surface area contributed by atoms with Crippen molar-refractivity contribution >= 4 is 36.1 Å². The Kier molecular flexibility index (Phi) is 16.0. The van der Waals surface area contributed by atoms with Gasteiger partial charge in [0.1, 0.15) is 26.4 Å². The zero-order valence-electron chi connectivity index (χ0n) is 30.4. The zero-order chi connectivity index (χ0) is 37.7. The summed E-state index contributed by atoms with van der Waals surface area (Å²) in [6.07, 6.45) is -2.06. The minimum Gasteiger partial charge on any atom is -0.461 e. The second kappa shape index (κ2) is 18.4. The average molecular weight is 695 g/mol. The van der Waals surface area contributed by atoms with E-state index in [4.69, 9.17) is 28.4 Å². The summed E-state index contributed by atoms with van der Waals surface area (Å²) >= 11 is 0. The molecule has 2 amide bonds. The van der Waals surface area contributed by atoms with E-state index >= 15 is 0 Å². The molecule has 1 aliphatic carbocycles. The molecule has 0 aromatic rings. The first-order chi connectivity index (χ1) is 22.4. The van der Waals surface area contributed by atoms with Gasteiger partial charge in [-0.25, -0.2) is 24.0 Å². The van der Waals surface area contributed by atoms with E-state index in [0.29, 0.717) is 19.3 Å². The molecule has 1 saturated carbocycles. The van der Waals surface area contributed by atoms with Crippen LogP contribution in [0.3, 0.4) is 0 Å². The number of hydrogen-bond acceptors (Lipinski definition) is 12. The maximum Gasteiger partial charge on any atom is 0.407 e. The predicted molar refractivity (Wildman–Crippen MR) is 179 cm³/mol. The SMILES string of the molecule is C=C(C)C(=O)OCC(COC(=O)C(=C)C)OC(=O)NCC1(C)CC(NC(=O)OC(COC(=O)C(=C)C)COC(=O)C(C)(C)C)CC(C)(C)C1. The Morgan fingerprint density at radius 3 is 1.51 bits per heavy atom.